The standard InChI is InChI=1S/C19H23N5O/c1-14-3-4-18-21-16(11-19(25)24(18)12-14)13-23-9-6-15(7-10-23)17-5-8-20-22(17)2/h3-5,8,11-12,15H,6-7,9-10,13H2,1-2H3. The van der Waals surface area contributed by atoms with Crippen LogP contribution in [0.4, 0.5) is 0 Å². The van der Waals surface area contributed by atoms with Crippen LogP contribution in [0.25, 0.3) is 5.65 Å². The van der Waals surface area contributed by atoms with Crippen LogP contribution >= 0.6 is 0 Å². The normalized spacial score (nSPS) is 16.6. The highest BCUT2D eigenvalue weighted by Gasteiger charge is 2.23. The van der Waals surface area contributed by atoms with E-state index in [4.69, 9.17) is 0 Å². The molecule has 6 nitrogen and oxygen atoms in total. The van der Waals surface area contributed by atoms with Crippen LogP contribution < -0.4 is 5.56 Å². The quantitative estimate of drug-likeness (QED) is 0.735. The van der Waals surface area contributed by atoms with E-state index in [1.54, 1.807) is 10.5 Å². The molecule has 0 radical (unpaired) electrons. The van der Waals surface area contributed by atoms with Crippen molar-refractivity contribution in [1.82, 2.24) is 24.1 Å². The van der Waals surface area contributed by atoms with Gasteiger partial charge in [0.05, 0.1) is 5.69 Å². The number of hydrogen-bond acceptors (Lipinski definition) is 4. The lowest BCUT2D eigenvalue weighted by molar-refractivity contribution is 0.199. The van der Waals surface area contributed by atoms with Gasteiger partial charge in [0, 0.05) is 43.7 Å². The Kier molecular flexibility index (Phi) is 4.13. The van der Waals surface area contributed by atoms with E-state index in [1.165, 1.54) is 5.69 Å². The first kappa shape index (κ1) is 16.0. The highest BCUT2D eigenvalue weighted by atomic mass is 16.1. The zero-order valence-electron chi connectivity index (χ0n) is 14.7. The first-order chi connectivity index (χ1) is 12.1. The summed E-state index contributed by atoms with van der Waals surface area (Å²) in [6.07, 6.45) is 5.94. The van der Waals surface area contributed by atoms with Crippen LogP contribution in [0.15, 0.2) is 41.5 Å². The number of aromatic nitrogens is 4. The summed E-state index contributed by atoms with van der Waals surface area (Å²) < 4.78 is 3.60. The molecular formula is C19H23N5O. The fraction of sp³-hybridized carbons (Fsp3) is 0.421. The molecule has 0 aromatic carbocycles. The largest absolute Gasteiger partial charge is 0.297 e. The predicted molar refractivity (Wildman–Crippen MR) is 96.7 cm³/mol. The molecule has 0 bridgehead atoms. The molecule has 0 amide bonds. The number of hydrogen-bond donors (Lipinski definition) is 0. The Morgan fingerprint density at radius 1 is 1.20 bits per heavy atom. The summed E-state index contributed by atoms with van der Waals surface area (Å²) in [5.74, 6) is 0.571. The molecule has 4 heterocycles. The first-order valence-electron chi connectivity index (χ1n) is 8.79. The average Bonchev–Trinajstić information content (AvgIpc) is 3.02. The number of likely N-dealkylation sites (tertiary alicyclic amines) is 1. The van der Waals surface area contributed by atoms with Gasteiger partial charge in [-0.25, -0.2) is 4.98 Å². The van der Waals surface area contributed by atoms with Crippen LogP contribution in [-0.4, -0.2) is 37.2 Å². The lowest BCUT2D eigenvalue weighted by atomic mass is 9.93. The fourth-order valence-electron chi connectivity index (χ4n) is 3.74. The molecule has 6 heteroatoms. The maximum absolute atomic E-state index is 12.3. The van der Waals surface area contributed by atoms with E-state index in [0.29, 0.717) is 5.92 Å². The molecule has 0 aliphatic carbocycles. The molecule has 0 N–H and O–H groups in total. The van der Waals surface area contributed by atoms with Gasteiger partial charge in [-0.05, 0) is 50.6 Å². The zero-order valence-corrected chi connectivity index (χ0v) is 14.7. The fourth-order valence-corrected chi connectivity index (χ4v) is 3.74. The molecule has 0 saturated carbocycles. The molecule has 1 aliphatic rings. The van der Waals surface area contributed by atoms with Gasteiger partial charge < -0.3 is 0 Å². The number of piperidine rings is 1. The highest BCUT2D eigenvalue weighted by Crippen LogP contribution is 2.27. The first-order valence-corrected chi connectivity index (χ1v) is 8.79. The summed E-state index contributed by atoms with van der Waals surface area (Å²) in [5, 5.41) is 4.28. The van der Waals surface area contributed by atoms with E-state index in [0.717, 1.165) is 49.4 Å². The predicted octanol–water partition coefficient (Wildman–Crippen LogP) is 2.12. The van der Waals surface area contributed by atoms with E-state index in [1.807, 2.05) is 43.2 Å². The van der Waals surface area contributed by atoms with Gasteiger partial charge in [0.2, 0.25) is 0 Å². The zero-order chi connectivity index (χ0) is 17.4. The van der Waals surface area contributed by atoms with Crippen LogP contribution in [0.1, 0.15) is 35.7 Å². The van der Waals surface area contributed by atoms with Crippen molar-refractivity contribution in [2.24, 2.45) is 7.05 Å². The SMILES string of the molecule is Cc1ccc2nc(CN3CCC(c4ccnn4C)CC3)cc(=O)n2c1. The smallest absolute Gasteiger partial charge is 0.258 e. The summed E-state index contributed by atoms with van der Waals surface area (Å²) in [6, 6.07) is 7.69. The lowest BCUT2D eigenvalue weighted by Crippen LogP contribution is -2.33. The Bertz CT molecular complexity index is 950. The summed E-state index contributed by atoms with van der Waals surface area (Å²) in [4.78, 5) is 19.4. The van der Waals surface area contributed by atoms with Gasteiger partial charge in [0.15, 0.2) is 0 Å². The van der Waals surface area contributed by atoms with Crippen molar-refractivity contribution in [3.8, 4) is 0 Å². The van der Waals surface area contributed by atoms with E-state index in [9.17, 15) is 4.79 Å². The minimum atomic E-state index is -0.00605. The molecule has 1 aliphatic heterocycles. The number of pyridine rings is 1. The van der Waals surface area contributed by atoms with Gasteiger partial charge >= 0.3 is 0 Å². The third-order valence-electron chi connectivity index (χ3n) is 5.11. The molecule has 3 aromatic rings. The third kappa shape index (κ3) is 3.22. The summed E-state index contributed by atoms with van der Waals surface area (Å²) >= 11 is 0. The van der Waals surface area contributed by atoms with Crippen LogP contribution in [0.5, 0.6) is 0 Å². The highest BCUT2D eigenvalue weighted by molar-refractivity contribution is 5.39. The van der Waals surface area contributed by atoms with Crippen LogP contribution in [0.3, 0.4) is 0 Å². The molecule has 25 heavy (non-hydrogen) atoms. The van der Waals surface area contributed by atoms with Crippen molar-refractivity contribution >= 4 is 5.65 Å². The molecule has 130 valence electrons. The van der Waals surface area contributed by atoms with E-state index < -0.39 is 0 Å². The second-order valence-corrected chi connectivity index (χ2v) is 6.95. The van der Waals surface area contributed by atoms with Gasteiger partial charge in [-0.1, -0.05) is 6.07 Å². The number of aryl methyl sites for hydroxylation is 2. The van der Waals surface area contributed by atoms with E-state index in [-0.39, 0.29) is 5.56 Å². The van der Waals surface area contributed by atoms with Gasteiger partial charge in [-0.3, -0.25) is 18.8 Å². The molecule has 0 atom stereocenters. The van der Waals surface area contributed by atoms with Crippen molar-refractivity contribution in [1.29, 1.82) is 0 Å². The minimum Gasteiger partial charge on any atom is -0.297 e. The summed E-state index contributed by atoms with van der Waals surface area (Å²) in [7, 11) is 2.01. The number of nitrogens with zero attached hydrogens (tertiary/aromatic N) is 5. The Morgan fingerprint density at radius 3 is 2.72 bits per heavy atom. The minimum absolute atomic E-state index is 0.00605. The Labute approximate surface area is 146 Å². The maximum Gasteiger partial charge on any atom is 0.258 e. The molecule has 0 unspecified atom stereocenters. The van der Waals surface area contributed by atoms with Crippen LogP contribution in [-0.2, 0) is 13.6 Å². The van der Waals surface area contributed by atoms with Gasteiger partial charge in [-0.15, -0.1) is 0 Å². The molecule has 0 spiro atoms. The topological polar surface area (TPSA) is 55.4 Å². The Hall–Kier alpha value is -2.47. The van der Waals surface area contributed by atoms with E-state index in [2.05, 4.69) is 21.0 Å². The molecule has 4 rings (SSSR count). The van der Waals surface area contributed by atoms with Crippen molar-refractivity contribution in [3.05, 3.63) is 64.0 Å². The van der Waals surface area contributed by atoms with Gasteiger partial charge in [-0.2, -0.15) is 5.10 Å². The summed E-state index contributed by atoms with van der Waals surface area (Å²) in [6.45, 7) is 4.75. The van der Waals surface area contributed by atoms with Crippen molar-refractivity contribution in [2.45, 2.75) is 32.2 Å². The van der Waals surface area contributed by atoms with Gasteiger partial charge in [0.1, 0.15) is 5.65 Å². The van der Waals surface area contributed by atoms with Crippen LogP contribution in [0.2, 0.25) is 0 Å². The van der Waals surface area contributed by atoms with Crippen molar-refractivity contribution < 1.29 is 0 Å². The van der Waals surface area contributed by atoms with Crippen LogP contribution in [0, 0.1) is 6.92 Å². The number of rotatable bonds is 3. The molecule has 1 fully saturated rings. The van der Waals surface area contributed by atoms with Crippen molar-refractivity contribution in [2.75, 3.05) is 13.1 Å². The van der Waals surface area contributed by atoms with Crippen molar-refractivity contribution in [3.63, 3.8) is 0 Å². The number of fused-ring (bicyclic) bond motifs is 1. The maximum atomic E-state index is 12.3. The Morgan fingerprint density at radius 2 is 2.00 bits per heavy atom. The van der Waals surface area contributed by atoms with E-state index >= 15 is 0 Å². The summed E-state index contributed by atoms with van der Waals surface area (Å²) in [5.41, 5.74) is 3.94. The molecule has 3 aromatic heterocycles. The Balaban J connectivity index is 1.47. The molecular weight excluding hydrogens is 314 g/mol. The second kappa shape index (κ2) is 6.44. The average molecular weight is 337 g/mol. The lowest BCUT2D eigenvalue weighted by Gasteiger charge is -2.31. The van der Waals surface area contributed by atoms with Gasteiger partial charge in [0.25, 0.3) is 5.56 Å². The third-order valence-corrected chi connectivity index (χ3v) is 5.11. The second-order valence-electron chi connectivity index (χ2n) is 6.95. The molecule has 1 saturated heterocycles. The monoisotopic (exact) mass is 337 g/mol.